The molecule has 1 aliphatic heterocycles. The fourth-order valence-electron chi connectivity index (χ4n) is 1.96. The summed E-state index contributed by atoms with van der Waals surface area (Å²) in [6.45, 7) is 8.42. The van der Waals surface area contributed by atoms with Gasteiger partial charge < -0.3 is 4.74 Å². The summed E-state index contributed by atoms with van der Waals surface area (Å²) in [4.78, 5) is 2.91. The monoisotopic (exact) mass is 197 g/mol. The molecule has 1 saturated heterocycles. The van der Waals surface area contributed by atoms with Crippen molar-refractivity contribution in [3.8, 4) is 0 Å². The number of hydrogen-bond acceptors (Lipinski definition) is 2. The zero-order valence-electron chi connectivity index (χ0n) is 9.34. The van der Waals surface area contributed by atoms with Gasteiger partial charge in [-0.1, -0.05) is 32.3 Å². The van der Waals surface area contributed by atoms with Gasteiger partial charge in [-0.15, -0.1) is 0 Å². The predicted octanol–water partition coefficient (Wildman–Crippen LogP) is 3.13. The zero-order chi connectivity index (χ0) is 10.7. The molecule has 0 N–H and O–H groups in total. The third-order valence-electron chi connectivity index (χ3n) is 3.38. The zero-order valence-corrected chi connectivity index (χ0v) is 9.34. The first kappa shape index (κ1) is 11.3. The predicted molar refractivity (Wildman–Crippen MR) is 55.9 cm³/mol. The first-order valence-electron chi connectivity index (χ1n) is 5.31. The molecule has 1 aliphatic rings. The molecule has 0 spiro atoms. The molecule has 4 nitrogen and oxygen atoms in total. The molecule has 1 heterocycles. The fraction of sp³-hybridized carbons (Fsp3) is 1.00. The molecule has 0 bridgehead atoms. The highest BCUT2D eigenvalue weighted by molar-refractivity contribution is 4.93. The van der Waals surface area contributed by atoms with Crippen LogP contribution >= 0.6 is 0 Å². The van der Waals surface area contributed by atoms with Crippen molar-refractivity contribution in [1.29, 1.82) is 0 Å². The van der Waals surface area contributed by atoms with Crippen molar-refractivity contribution in [2.75, 3.05) is 0 Å². The summed E-state index contributed by atoms with van der Waals surface area (Å²) in [5.74, 6) is 0.780. The average Bonchev–Trinajstić information content (AvgIpc) is 2.45. The molecule has 14 heavy (non-hydrogen) atoms. The molecular weight excluding hydrogens is 178 g/mol. The minimum absolute atomic E-state index is 0.00458. The van der Waals surface area contributed by atoms with E-state index in [4.69, 9.17) is 10.3 Å². The Labute approximate surface area is 85.3 Å². The van der Waals surface area contributed by atoms with Crippen LogP contribution in [0.15, 0.2) is 5.11 Å². The summed E-state index contributed by atoms with van der Waals surface area (Å²) in [6, 6.07) is 0.00458. The lowest BCUT2D eigenvalue weighted by atomic mass is 9.90. The number of rotatable bonds is 3. The van der Waals surface area contributed by atoms with E-state index < -0.39 is 0 Å². The van der Waals surface area contributed by atoms with Crippen molar-refractivity contribution in [2.24, 2.45) is 17.0 Å². The second-order valence-corrected chi connectivity index (χ2v) is 4.25. The van der Waals surface area contributed by atoms with Gasteiger partial charge in [0, 0.05) is 4.91 Å². The van der Waals surface area contributed by atoms with Gasteiger partial charge in [0.05, 0.1) is 18.2 Å². The van der Waals surface area contributed by atoms with Gasteiger partial charge in [-0.2, -0.15) is 0 Å². The van der Waals surface area contributed by atoms with Crippen LogP contribution in [-0.2, 0) is 4.74 Å². The maximum Gasteiger partial charge on any atom is 0.0692 e. The highest BCUT2D eigenvalue weighted by Crippen LogP contribution is 2.34. The Morgan fingerprint density at radius 2 is 2.14 bits per heavy atom. The Morgan fingerprint density at radius 3 is 2.64 bits per heavy atom. The van der Waals surface area contributed by atoms with Crippen LogP contribution in [0.2, 0.25) is 0 Å². The van der Waals surface area contributed by atoms with Gasteiger partial charge in [0.2, 0.25) is 0 Å². The Hall–Kier alpha value is -0.730. The van der Waals surface area contributed by atoms with Crippen molar-refractivity contribution in [3.63, 3.8) is 0 Å². The first-order chi connectivity index (χ1) is 6.61. The number of nitrogens with zero attached hydrogens (tertiary/aromatic N) is 3. The molecule has 0 aromatic heterocycles. The van der Waals surface area contributed by atoms with Crippen LogP contribution in [0.3, 0.4) is 0 Å². The van der Waals surface area contributed by atoms with Gasteiger partial charge in [-0.3, -0.25) is 0 Å². The second kappa shape index (κ2) is 4.67. The first-order valence-corrected chi connectivity index (χ1v) is 5.31. The van der Waals surface area contributed by atoms with Gasteiger partial charge in [0.15, 0.2) is 0 Å². The minimum atomic E-state index is 0.00458. The summed E-state index contributed by atoms with van der Waals surface area (Å²) in [7, 11) is 0. The van der Waals surface area contributed by atoms with Gasteiger partial charge >= 0.3 is 0 Å². The topological polar surface area (TPSA) is 58.0 Å². The summed E-state index contributed by atoms with van der Waals surface area (Å²) in [5.41, 5.74) is 8.51. The lowest BCUT2D eigenvalue weighted by Gasteiger charge is -2.21. The lowest BCUT2D eigenvalue weighted by Crippen LogP contribution is -2.29. The standard InChI is InChI=1S/C10H19N3O/c1-5-6(2)10-9(12-13-11)7(3)8(4)14-10/h6-10H,5H2,1-4H3. The smallest absolute Gasteiger partial charge is 0.0692 e. The van der Waals surface area contributed by atoms with Crippen molar-refractivity contribution in [3.05, 3.63) is 10.4 Å². The molecule has 5 atom stereocenters. The SMILES string of the molecule is CCC(C)C1OC(C)C(C)C1N=[N+]=[N-]. The van der Waals surface area contributed by atoms with E-state index in [0.717, 1.165) is 6.42 Å². The van der Waals surface area contributed by atoms with Crippen LogP contribution in [0.1, 0.15) is 34.1 Å². The van der Waals surface area contributed by atoms with Crippen LogP contribution < -0.4 is 0 Å². The molecule has 80 valence electrons. The van der Waals surface area contributed by atoms with Gasteiger partial charge in [-0.25, -0.2) is 0 Å². The normalized spacial score (nSPS) is 39.1. The highest BCUT2D eigenvalue weighted by Gasteiger charge is 2.40. The summed E-state index contributed by atoms with van der Waals surface area (Å²) >= 11 is 0. The quantitative estimate of drug-likeness (QED) is 0.389. The van der Waals surface area contributed by atoms with E-state index in [1.807, 2.05) is 6.92 Å². The minimum Gasteiger partial charge on any atom is -0.374 e. The molecule has 0 aromatic rings. The Balaban J connectivity index is 2.79. The van der Waals surface area contributed by atoms with Crippen molar-refractivity contribution in [1.82, 2.24) is 0 Å². The Kier molecular flexibility index (Phi) is 3.78. The molecule has 0 aliphatic carbocycles. The summed E-state index contributed by atoms with van der Waals surface area (Å²) < 4.78 is 5.83. The molecular formula is C10H19N3O. The van der Waals surface area contributed by atoms with Crippen molar-refractivity contribution in [2.45, 2.75) is 52.4 Å². The van der Waals surface area contributed by atoms with E-state index in [1.54, 1.807) is 0 Å². The third kappa shape index (κ3) is 2.02. The second-order valence-electron chi connectivity index (χ2n) is 4.25. The van der Waals surface area contributed by atoms with E-state index >= 15 is 0 Å². The maximum atomic E-state index is 8.51. The van der Waals surface area contributed by atoms with Gasteiger partial charge in [-0.05, 0) is 24.3 Å². The Morgan fingerprint density at radius 1 is 1.50 bits per heavy atom. The molecule has 1 rings (SSSR count). The lowest BCUT2D eigenvalue weighted by molar-refractivity contribution is 0.0144. The van der Waals surface area contributed by atoms with Crippen LogP contribution in [0.5, 0.6) is 0 Å². The van der Waals surface area contributed by atoms with Crippen LogP contribution in [0, 0.1) is 11.8 Å². The van der Waals surface area contributed by atoms with E-state index in [1.165, 1.54) is 0 Å². The molecule has 0 amide bonds. The van der Waals surface area contributed by atoms with E-state index in [2.05, 4.69) is 30.8 Å². The van der Waals surface area contributed by atoms with Crippen LogP contribution in [0.4, 0.5) is 0 Å². The molecule has 0 saturated carbocycles. The highest BCUT2D eigenvalue weighted by atomic mass is 16.5. The Bertz CT molecular complexity index is 238. The number of azide groups is 1. The van der Waals surface area contributed by atoms with Crippen LogP contribution in [0.25, 0.3) is 10.4 Å². The summed E-state index contributed by atoms with van der Waals surface area (Å²) in [6.07, 6.45) is 1.35. The molecule has 1 fully saturated rings. The number of hydrogen-bond donors (Lipinski definition) is 0. The van der Waals surface area contributed by atoms with Crippen molar-refractivity contribution < 1.29 is 4.74 Å². The fourth-order valence-corrected chi connectivity index (χ4v) is 1.96. The number of ether oxygens (including phenoxy) is 1. The van der Waals surface area contributed by atoms with Gasteiger partial charge in [0.1, 0.15) is 0 Å². The van der Waals surface area contributed by atoms with Gasteiger partial charge in [0.25, 0.3) is 0 Å². The van der Waals surface area contributed by atoms with Crippen LogP contribution in [-0.4, -0.2) is 18.2 Å². The van der Waals surface area contributed by atoms with Crippen molar-refractivity contribution >= 4 is 0 Å². The maximum absolute atomic E-state index is 8.51. The van der Waals surface area contributed by atoms with E-state index in [0.29, 0.717) is 11.8 Å². The average molecular weight is 197 g/mol. The largest absolute Gasteiger partial charge is 0.374 e. The van der Waals surface area contributed by atoms with E-state index in [9.17, 15) is 0 Å². The third-order valence-corrected chi connectivity index (χ3v) is 3.38. The molecule has 5 unspecified atom stereocenters. The summed E-state index contributed by atoms with van der Waals surface area (Å²) in [5, 5.41) is 3.86. The molecule has 4 heteroatoms. The molecule has 0 aromatic carbocycles. The van der Waals surface area contributed by atoms with E-state index in [-0.39, 0.29) is 18.2 Å². The molecule has 0 radical (unpaired) electrons.